The summed E-state index contributed by atoms with van der Waals surface area (Å²) in [5.41, 5.74) is 4.56. The number of amides is 1. The van der Waals surface area contributed by atoms with Crippen LogP contribution in [0.25, 0.3) is 0 Å². The van der Waals surface area contributed by atoms with Crippen LogP contribution >= 0.6 is 0 Å². The maximum atomic E-state index is 12.3. The largest absolute Gasteiger partial charge is 0.464 e. The molecule has 1 heterocycles. The molecule has 4 N–H and O–H groups in total. The van der Waals surface area contributed by atoms with E-state index in [4.69, 9.17) is 15.4 Å². The monoisotopic (exact) mass is 267 g/mol. The van der Waals surface area contributed by atoms with Crippen molar-refractivity contribution < 1.29 is 14.4 Å². The zero-order chi connectivity index (χ0) is 14.6. The first kappa shape index (κ1) is 15.1. The van der Waals surface area contributed by atoms with Gasteiger partial charge >= 0.3 is 0 Å². The molecular weight excluding hydrogens is 246 g/mol. The number of nitrogens with two attached hydrogens (primary N) is 1. The Labute approximate surface area is 112 Å². The third-order valence-corrected chi connectivity index (χ3v) is 3.42. The highest BCUT2D eigenvalue weighted by atomic mass is 16.4. The van der Waals surface area contributed by atoms with Crippen LogP contribution in [0, 0.1) is 12.3 Å². The van der Waals surface area contributed by atoms with Gasteiger partial charge in [-0.05, 0) is 39.3 Å². The predicted molar refractivity (Wildman–Crippen MR) is 71.8 cm³/mol. The van der Waals surface area contributed by atoms with Crippen LogP contribution in [0.2, 0.25) is 0 Å². The highest BCUT2D eigenvalue weighted by molar-refractivity contribution is 6.06. The van der Waals surface area contributed by atoms with Gasteiger partial charge in [0.15, 0.2) is 5.84 Å². The molecule has 1 amide bonds. The first-order valence-electron chi connectivity index (χ1n) is 6.20. The second-order valence-electron chi connectivity index (χ2n) is 4.81. The summed E-state index contributed by atoms with van der Waals surface area (Å²) in [7, 11) is 0. The Morgan fingerprint density at radius 1 is 1.63 bits per heavy atom. The first-order chi connectivity index (χ1) is 8.85. The molecule has 0 radical (unpaired) electrons. The van der Waals surface area contributed by atoms with Gasteiger partial charge in [-0.3, -0.25) is 4.79 Å². The zero-order valence-corrected chi connectivity index (χ0v) is 11.7. The summed E-state index contributed by atoms with van der Waals surface area (Å²) >= 11 is 0. The number of hydrogen-bond acceptors (Lipinski definition) is 4. The number of oxime groups is 1. The van der Waals surface area contributed by atoms with Crippen molar-refractivity contribution in [1.82, 2.24) is 5.32 Å². The lowest BCUT2D eigenvalue weighted by molar-refractivity contribution is -0.128. The van der Waals surface area contributed by atoms with Gasteiger partial charge < -0.3 is 20.7 Å². The number of nitrogens with zero attached hydrogens (tertiary/aromatic N) is 1. The molecule has 6 nitrogen and oxygen atoms in total. The summed E-state index contributed by atoms with van der Waals surface area (Å²) < 4.78 is 5.45. The van der Waals surface area contributed by atoms with Crippen molar-refractivity contribution in [1.29, 1.82) is 0 Å². The Kier molecular flexibility index (Phi) is 4.58. The minimum Gasteiger partial charge on any atom is -0.464 e. The van der Waals surface area contributed by atoms with Crippen LogP contribution in [0.3, 0.4) is 0 Å². The molecule has 106 valence electrons. The fourth-order valence-electron chi connectivity index (χ4n) is 1.68. The van der Waals surface area contributed by atoms with E-state index in [1.807, 2.05) is 26.0 Å². The Bertz CT molecular complexity index is 481. The van der Waals surface area contributed by atoms with Crippen molar-refractivity contribution in [3.63, 3.8) is 0 Å². The van der Waals surface area contributed by atoms with Gasteiger partial charge in [0.1, 0.15) is 16.9 Å². The summed E-state index contributed by atoms with van der Waals surface area (Å²) in [4.78, 5) is 12.3. The molecule has 0 saturated heterocycles. The lowest BCUT2D eigenvalue weighted by Gasteiger charge is -2.26. The summed E-state index contributed by atoms with van der Waals surface area (Å²) in [6.07, 6.45) is 0.429. The van der Waals surface area contributed by atoms with Crippen LogP contribution in [0.4, 0.5) is 0 Å². The number of aryl methyl sites for hydroxylation is 1. The third-order valence-electron chi connectivity index (χ3n) is 3.42. The zero-order valence-electron chi connectivity index (χ0n) is 11.7. The van der Waals surface area contributed by atoms with Crippen LogP contribution in [0.1, 0.15) is 44.8 Å². The van der Waals surface area contributed by atoms with Crippen molar-refractivity contribution in [2.24, 2.45) is 16.3 Å². The van der Waals surface area contributed by atoms with Crippen LogP contribution in [0.5, 0.6) is 0 Å². The molecule has 1 rings (SSSR count). The second-order valence-corrected chi connectivity index (χ2v) is 4.81. The van der Waals surface area contributed by atoms with Gasteiger partial charge in [-0.1, -0.05) is 12.1 Å². The van der Waals surface area contributed by atoms with Crippen molar-refractivity contribution in [3.8, 4) is 0 Å². The van der Waals surface area contributed by atoms with E-state index < -0.39 is 5.41 Å². The van der Waals surface area contributed by atoms with E-state index in [1.165, 1.54) is 0 Å². The molecule has 0 spiro atoms. The van der Waals surface area contributed by atoms with Crippen LogP contribution in [-0.4, -0.2) is 17.0 Å². The van der Waals surface area contributed by atoms with E-state index in [1.54, 1.807) is 13.8 Å². The molecule has 0 aliphatic rings. The minimum absolute atomic E-state index is 0.102. The number of carbonyl (C=O) groups is 1. The molecule has 19 heavy (non-hydrogen) atoms. The SMILES string of the molecule is CCC(C)(C(=O)NC(C)c1ccc(C)o1)/C(N)=N/O. The smallest absolute Gasteiger partial charge is 0.234 e. The first-order valence-corrected chi connectivity index (χ1v) is 6.20. The molecule has 0 bridgehead atoms. The lowest BCUT2D eigenvalue weighted by Crippen LogP contribution is -2.48. The molecule has 0 aromatic carbocycles. The second kappa shape index (κ2) is 5.77. The molecule has 1 aromatic heterocycles. The van der Waals surface area contributed by atoms with E-state index in [0.717, 1.165) is 5.76 Å². The van der Waals surface area contributed by atoms with Crippen LogP contribution in [-0.2, 0) is 4.79 Å². The Morgan fingerprint density at radius 2 is 2.26 bits per heavy atom. The summed E-state index contributed by atoms with van der Waals surface area (Å²) in [5.74, 6) is 1.05. The highest BCUT2D eigenvalue weighted by Crippen LogP contribution is 2.24. The molecule has 6 heteroatoms. The fraction of sp³-hybridized carbons (Fsp3) is 0.538. The summed E-state index contributed by atoms with van der Waals surface area (Å²) in [5, 5.41) is 14.5. The molecule has 0 aliphatic heterocycles. The van der Waals surface area contributed by atoms with Gasteiger partial charge in [-0.2, -0.15) is 0 Å². The van der Waals surface area contributed by atoms with Crippen molar-refractivity contribution in [3.05, 3.63) is 23.7 Å². The minimum atomic E-state index is -1.04. The number of carbonyl (C=O) groups excluding carboxylic acids is 1. The molecule has 0 aliphatic carbocycles. The number of furan rings is 1. The molecule has 2 unspecified atom stereocenters. The van der Waals surface area contributed by atoms with Gasteiger partial charge in [0.05, 0.1) is 6.04 Å². The highest BCUT2D eigenvalue weighted by Gasteiger charge is 2.37. The van der Waals surface area contributed by atoms with Crippen molar-refractivity contribution in [2.75, 3.05) is 0 Å². The van der Waals surface area contributed by atoms with E-state index in [-0.39, 0.29) is 17.8 Å². The molecule has 1 aromatic rings. The van der Waals surface area contributed by atoms with E-state index in [0.29, 0.717) is 12.2 Å². The lowest BCUT2D eigenvalue weighted by atomic mass is 9.85. The average molecular weight is 267 g/mol. The number of hydrogen-bond donors (Lipinski definition) is 3. The molecule has 2 atom stereocenters. The van der Waals surface area contributed by atoms with Gasteiger partial charge in [0, 0.05) is 0 Å². The number of amidine groups is 1. The standard InChI is InChI=1S/C13H21N3O3/c1-5-13(4,11(14)16-18)12(17)15-9(3)10-7-6-8(2)19-10/h6-7,9,18H,5H2,1-4H3,(H2,14,16)(H,15,17). The Hall–Kier alpha value is -1.98. The van der Waals surface area contributed by atoms with Gasteiger partial charge in [0.2, 0.25) is 5.91 Å². The van der Waals surface area contributed by atoms with E-state index in [9.17, 15) is 4.79 Å². The third kappa shape index (κ3) is 3.07. The molecular formula is C13H21N3O3. The maximum Gasteiger partial charge on any atom is 0.234 e. The Balaban J connectivity index is 2.84. The number of nitrogens with one attached hydrogen (secondary N) is 1. The topological polar surface area (TPSA) is 101 Å². The molecule has 0 fully saturated rings. The van der Waals surface area contributed by atoms with Crippen LogP contribution in [0.15, 0.2) is 21.7 Å². The van der Waals surface area contributed by atoms with Gasteiger partial charge in [-0.15, -0.1) is 0 Å². The number of rotatable bonds is 5. The Morgan fingerprint density at radius 3 is 2.68 bits per heavy atom. The van der Waals surface area contributed by atoms with Crippen molar-refractivity contribution in [2.45, 2.75) is 40.2 Å². The molecule has 0 saturated carbocycles. The summed E-state index contributed by atoms with van der Waals surface area (Å²) in [6, 6.07) is 3.37. The quantitative estimate of drug-likeness (QED) is 0.328. The van der Waals surface area contributed by atoms with Crippen LogP contribution < -0.4 is 11.1 Å². The maximum absolute atomic E-state index is 12.3. The van der Waals surface area contributed by atoms with Gasteiger partial charge in [0.25, 0.3) is 0 Å². The fourth-order valence-corrected chi connectivity index (χ4v) is 1.68. The van der Waals surface area contributed by atoms with E-state index in [2.05, 4.69) is 10.5 Å². The van der Waals surface area contributed by atoms with E-state index >= 15 is 0 Å². The van der Waals surface area contributed by atoms with Gasteiger partial charge in [-0.25, -0.2) is 0 Å². The normalized spacial score (nSPS) is 16.7. The average Bonchev–Trinajstić information content (AvgIpc) is 2.83. The van der Waals surface area contributed by atoms with Crippen molar-refractivity contribution >= 4 is 11.7 Å². The predicted octanol–water partition coefficient (Wildman–Crippen LogP) is 1.93. The summed E-state index contributed by atoms with van der Waals surface area (Å²) in [6.45, 7) is 7.10.